The molecule has 0 atom stereocenters. The molecule has 1 N–H and O–H groups in total. The van der Waals surface area contributed by atoms with Gasteiger partial charge < -0.3 is 14.8 Å². The van der Waals surface area contributed by atoms with Crippen LogP contribution in [-0.2, 0) is 47.2 Å². The first-order valence-corrected chi connectivity index (χ1v) is 13.8. The number of benzene rings is 2. The highest BCUT2D eigenvalue weighted by Gasteiger charge is 2.37. The van der Waals surface area contributed by atoms with Gasteiger partial charge in [-0.3, -0.25) is 13.9 Å². The minimum absolute atomic E-state index is 0.0215. The Morgan fingerprint density at radius 1 is 0.951 bits per heavy atom. The summed E-state index contributed by atoms with van der Waals surface area (Å²) in [7, 11) is -2.16. The van der Waals surface area contributed by atoms with E-state index in [-0.39, 0.29) is 38.6 Å². The van der Waals surface area contributed by atoms with Crippen molar-refractivity contribution in [2.75, 3.05) is 23.8 Å². The Kier molecular flexibility index (Phi) is 7.78. The minimum atomic E-state index is -4.73. The maximum atomic E-state index is 14.1. The molecule has 3 aromatic rings. The molecule has 0 spiro atoms. The molecule has 0 unspecified atom stereocenters. The fourth-order valence-corrected chi connectivity index (χ4v) is 5.82. The van der Waals surface area contributed by atoms with Crippen LogP contribution in [0.3, 0.4) is 0 Å². The molecule has 2 heterocycles. The number of hydrogen-bond acceptors (Lipinski definition) is 8. The van der Waals surface area contributed by atoms with Gasteiger partial charge in [0.1, 0.15) is 11.5 Å². The van der Waals surface area contributed by atoms with E-state index in [0.717, 1.165) is 36.2 Å². The fraction of sp³-hybridized carbons (Fsp3) is 0.321. The first kappa shape index (κ1) is 29.8. The number of fused-ring (bicyclic) bond motifs is 2. The Morgan fingerprint density at radius 2 is 1.56 bits per heavy atom. The second kappa shape index (κ2) is 10.7. The van der Waals surface area contributed by atoms with Crippen molar-refractivity contribution in [1.29, 1.82) is 0 Å². The number of nitrogens with one attached hydrogen (secondary N) is 1. The van der Waals surface area contributed by atoms with Gasteiger partial charge in [0.2, 0.25) is 0 Å². The number of ether oxygens (including phenoxy) is 2. The number of sulfonamides is 1. The van der Waals surface area contributed by atoms with Crippen LogP contribution in [-0.4, -0.2) is 39.6 Å². The van der Waals surface area contributed by atoms with Crippen LogP contribution in [0.1, 0.15) is 49.1 Å². The Balaban J connectivity index is 1.92. The van der Waals surface area contributed by atoms with E-state index in [1.54, 1.807) is 12.1 Å². The maximum Gasteiger partial charge on any atom is 0.433 e. The van der Waals surface area contributed by atoms with Gasteiger partial charge in [-0.1, -0.05) is 45.0 Å². The predicted octanol–water partition coefficient (Wildman–Crippen LogP) is 5.28. The van der Waals surface area contributed by atoms with Crippen LogP contribution in [0, 0.1) is 0 Å². The highest BCUT2D eigenvalue weighted by molar-refractivity contribution is 7.92. The zero-order chi connectivity index (χ0) is 30.3. The molecule has 2 aromatic carbocycles. The molecule has 0 bridgehead atoms. The van der Waals surface area contributed by atoms with E-state index in [0.29, 0.717) is 0 Å². The Hall–Kier alpha value is -4.13. The van der Waals surface area contributed by atoms with Crippen molar-refractivity contribution >= 4 is 39.2 Å². The summed E-state index contributed by atoms with van der Waals surface area (Å²) in [5, 5.41) is 2.80. The van der Waals surface area contributed by atoms with Gasteiger partial charge in [0.05, 0.1) is 37.0 Å². The van der Waals surface area contributed by atoms with Crippen LogP contribution in [0.15, 0.2) is 59.5 Å². The number of pyridine rings is 1. The molecule has 0 aliphatic carbocycles. The molecule has 9 nitrogen and oxygen atoms in total. The lowest BCUT2D eigenvalue weighted by Gasteiger charge is -2.26. The van der Waals surface area contributed by atoms with Crippen molar-refractivity contribution in [2.24, 2.45) is 0 Å². The smallest absolute Gasteiger partial charge is 0.433 e. The molecular formula is C28H28F3N3O6S. The van der Waals surface area contributed by atoms with Gasteiger partial charge in [-0.05, 0) is 46.9 Å². The molecule has 0 fully saturated rings. The van der Waals surface area contributed by atoms with E-state index >= 15 is 0 Å². The largest absolute Gasteiger partial charge is 0.468 e. The monoisotopic (exact) mass is 591 g/mol. The number of hydrogen-bond donors (Lipinski definition) is 1. The number of esters is 2. The van der Waals surface area contributed by atoms with Crippen LogP contribution in [0.2, 0.25) is 0 Å². The lowest BCUT2D eigenvalue weighted by atomic mass is 9.87. The van der Waals surface area contributed by atoms with Gasteiger partial charge in [0, 0.05) is 5.56 Å². The van der Waals surface area contributed by atoms with Gasteiger partial charge in [0.15, 0.2) is 5.92 Å². The van der Waals surface area contributed by atoms with Crippen molar-refractivity contribution in [1.82, 2.24) is 4.98 Å². The number of methoxy groups -OCH3 is 2. The lowest BCUT2D eigenvalue weighted by molar-refractivity contribution is -0.154. The highest BCUT2D eigenvalue weighted by atomic mass is 32.2. The average Bonchev–Trinajstić information content (AvgIpc) is 3.08. The molecule has 13 heteroatoms. The van der Waals surface area contributed by atoms with Gasteiger partial charge in [0.25, 0.3) is 10.0 Å². The minimum Gasteiger partial charge on any atom is -0.468 e. The molecule has 4 rings (SSSR count). The zero-order valence-electron chi connectivity index (χ0n) is 22.9. The van der Waals surface area contributed by atoms with Crippen molar-refractivity contribution < 1.29 is 40.7 Å². The first-order chi connectivity index (χ1) is 19.1. The SMILES string of the molecule is COC(=O)C(C(=O)OC)c1ccc2c(c1)N(S(=O)(=O)c1ccc(C(C)(C)C)cc1)Cc1ccc(C(F)(F)F)nc1N2. The van der Waals surface area contributed by atoms with E-state index in [1.165, 1.54) is 30.3 Å². The third-order valence-corrected chi connectivity index (χ3v) is 8.42. The second-order valence-corrected chi connectivity index (χ2v) is 12.2. The first-order valence-electron chi connectivity index (χ1n) is 12.3. The number of nitrogens with zero attached hydrogens (tertiary/aromatic N) is 2. The summed E-state index contributed by atoms with van der Waals surface area (Å²) in [6.07, 6.45) is -4.73. The third-order valence-electron chi connectivity index (χ3n) is 6.64. The molecule has 1 aliphatic heterocycles. The number of rotatable bonds is 5. The fourth-order valence-electron chi connectivity index (χ4n) is 4.36. The topological polar surface area (TPSA) is 115 Å². The summed E-state index contributed by atoms with van der Waals surface area (Å²) >= 11 is 0. The maximum absolute atomic E-state index is 14.1. The van der Waals surface area contributed by atoms with Crippen molar-refractivity contribution in [2.45, 2.75) is 49.7 Å². The number of alkyl halides is 3. The molecule has 0 saturated carbocycles. The van der Waals surface area contributed by atoms with E-state index in [4.69, 9.17) is 9.47 Å². The molecule has 1 aromatic heterocycles. The van der Waals surface area contributed by atoms with Gasteiger partial charge in [-0.2, -0.15) is 13.2 Å². The zero-order valence-corrected chi connectivity index (χ0v) is 23.7. The summed E-state index contributed by atoms with van der Waals surface area (Å²) in [6, 6.07) is 12.2. The second-order valence-electron chi connectivity index (χ2n) is 10.4. The third kappa shape index (κ3) is 5.85. The van der Waals surface area contributed by atoms with Crippen molar-refractivity contribution in [3.63, 3.8) is 0 Å². The number of anilines is 3. The molecule has 0 radical (unpaired) electrons. The van der Waals surface area contributed by atoms with Crippen LogP contribution >= 0.6 is 0 Å². The van der Waals surface area contributed by atoms with E-state index in [9.17, 15) is 31.2 Å². The summed E-state index contributed by atoms with van der Waals surface area (Å²) in [6.45, 7) is 5.54. The molecule has 1 aliphatic rings. The van der Waals surface area contributed by atoms with E-state index < -0.39 is 46.3 Å². The van der Waals surface area contributed by atoms with Gasteiger partial charge in [-0.15, -0.1) is 0 Å². The quantitative estimate of drug-likeness (QED) is 0.315. The van der Waals surface area contributed by atoms with Crippen LogP contribution in [0.4, 0.5) is 30.4 Å². The van der Waals surface area contributed by atoms with Crippen LogP contribution < -0.4 is 9.62 Å². The molecule has 41 heavy (non-hydrogen) atoms. The molecule has 0 saturated heterocycles. The average molecular weight is 592 g/mol. The Morgan fingerprint density at radius 3 is 2.10 bits per heavy atom. The molecule has 0 amide bonds. The van der Waals surface area contributed by atoms with Crippen LogP contribution in [0.25, 0.3) is 0 Å². The number of halogens is 3. The number of aromatic nitrogens is 1. The summed E-state index contributed by atoms with van der Waals surface area (Å²) in [5.41, 5.74) is -0.217. The Labute approximate surface area is 235 Å². The van der Waals surface area contributed by atoms with Gasteiger partial charge >= 0.3 is 18.1 Å². The summed E-state index contributed by atoms with van der Waals surface area (Å²) < 4.78 is 79.0. The normalized spacial score (nSPS) is 13.5. The van der Waals surface area contributed by atoms with Gasteiger partial charge in [-0.25, -0.2) is 13.4 Å². The molecular weight excluding hydrogens is 563 g/mol. The van der Waals surface area contributed by atoms with Crippen molar-refractivity contribution in [3.8, 4) is 0 Å². The highest BCUT2D eigenvalue weighted by Crippen LogP contribution is 2.41. The van der Waals surface area contributed by atoms with E-state index in [1.807, 2.05) is 20.8 Å². The predicted molar refractivity (Wildman–Crippen MR) is 144 cm³/mol. The number of carbonyl (C=O) groups is 2. The standard InChI is InChI=1S/C28H28F3N3O6S/c1-27(2,3)18-8-10-19(11-9-18)41(37,38)34-15-17-7-13-22(28(29,30)31)33-24(17)32-20-12-6-16(14-21(20)34)23(25(35)39-4)26(36)40-5/h6-14,23H,15H2,1-5H3,(H,32,33). The number of carbonyl (C=O) groups excluding carboxylic acids is 2. The molecule has 218 valence electrons. The Bertz CT molecular complexity index is 1580. The van der Waals surface area contributed by atoms with Crippen LogP contribution in [0.5, 0.6) is 0 Å². The summed E-state index contributed by atoms with van der Waals surface area (Å²) in [5.74, 6) is -3.60. The lowest BCUT2D eigenvalue weighted by Crippen LogP contribution is -2.31. The van der Waals surface area contributed by atoms with Crippen molar-refractivity contribution in [3.05, 3.63) is 77.0 Å². The summed E-state index contributed by atoms with van der Waals surface area (Å²) in [4.78, 5) is 28.6. The van der Waals surface area contributed by atoms with E-state index in [2.05, 4.69) is 10.3 Å².